The summed E-state index contributed by atoms with van der Waals surface area (Å²) >= 11 is 1.62. The highest BCUT2D eigenvalue weighted by molar-refractivity contribution is 7.98. The minimum Gasteiger partial charge on any atom is -0.354 e. The molecule has 0 spiro atoms. The SMILES string of the molecule is C[C@H](NCCNC(=O)c1cc(C(=O)NCc2ccccc2)cc(N(C)SN2CCCCC2)c1)C(=O)NCC1CC1.Cc1ccccc1. The Morgan fingerprint density at radius 1 is 0.830 bits per heavy atom. The number of aryl methyl sites for hydroxylation is 1. The van der Waals surface area contributed by atoms with E-state index >= 15 is 0 Å². The molecule has 1 aliphatic heterocycles. The second-order valence-corrected chi connectivity index (χ2v) is 13.5. The zero-order valence-electron chi connectivity index (χ0n) is 28.0. The minimum atomic E-state index is -0.334. The Balaban J connectivity index is 0.000000632. The van der Waals surface area contributed by atoms with Crippen molar-refractivity contribution in [3.05, 3.63) is 101 Å². The van der Waals surface area contributed by atoms with Gasteiger partial charge in [-0.2, -0.15) is 0 Å². The van der Waals surface area contributed by atoms with Gasteiger partial charge in [-0.25, -0.2) is 4.31 Å². The lowest BCUT2D eigenvalue weighted by Gasteiger charge is -2.30. The maximum Gasteiger partial charge on any atom is 0.251 e. The molecule has 0 aromatic heterocycles. The van der Waals surface area contributed by atoms with Crippen LogP contribution in [0.15, 0.2) is 78.9 Å². The molecule has 2 fully saturated rings. The average molecular weight is 659 g/mol. The summed E-state index contributed by atoms with van der Waals surface area (Å²) in [5, 5.41) is 12.0. The first-order chi connectivity index (χ1) is 22.8. The highest BCUT2D eigenvalue weighted by atomic mass is 32.2. The van der Waals surface area contributed by atoms with Crippen LogP contribution < -0.4 is 25.6 Å². The summed E-state index contributed by atoms with van der Waals surface area (Å²) in [6, 6.07) is 25.0. The Hall–Kier alpha value is -3.86. The number of amides is 3. The minimum absolute atomic E-state index is 0.0219. The Morgan fingerprint density at radius 2 is 1.45 bits per heavy atom. The van der Waals surface area contributed by atoms with Crippen LogP contribution >= 0.6 is 12.1 Å². The van der Waals surface area contributed by atoms with Crippen LogP contribution in [0, 0.1) is 12.8 Å². The first-order valence-corrected chi connectivity index (χ1v) is 17.5. The molecule has 1 saturated heterocycles. The third-order valence-electron chi connectivity index (χ3n) is 8.11. The molecule has 3 aromatic rings. The lowest BCUT2D eigenvalue weighted by atomic mass is 10.1. The summed E-state index contributed by atoms with van der Waals surface area (Å²) in [6.45, 7) is 7.90. The topological polar surface area (TPSA) is 106 Å². The van der Waals surface area contributed by atoms with Crippen molar-refractivity contribution in [2.45, 2.75) is 58.5 Å². The second-order valence-electron chi connectivity index (χ2n) is 12.3. The monoisotopic (exact) mass is 658 g/mol. The molecule has 252 valence electrons. The van der Waals surface area contributed by atoms with Gasteiger partial charge in [-0.3, -0.25) is 14.4 Å². The van der Waals surface area contributed by atoms with Crippen molar-refractivity contribution >= 4 is 35.5 Å². The number of rotatable bonds is 14. The van der Waals surface area contributed by atoms with Gasteiger partial charge in [0.15, 0.2) is 0 Å². The number of carbonyl (C=O) groups excluding carboxylic acids is 3. The molecule has 5 rings (SSSR count). The average Bonchev–Trinajstić information content (AvgIpc) is 3.94. The first kappa shape index (κ1) is 36.0. The predicted molar refractivity (Wildman–Crippen MR) is 192 cm³/mol. The van der Waals surface area contributed by atoms with E-state index < -0.39 is 0 Å². The van der Waals surface area contributed by atoms with Gasteiger partial charge in [0.05, 0.1) is 6.04 Å². The van der Waals surface area contributed by atoms with Gasteiger partial charge in [-0.1, -0.05) is 72.6 Å². The summed E-state index contributed by atoms with van der Waals surface area (Å²) in [4.78, 5) is 38.5. The number of nitrogens with zero attached hydrogens (tertiary/aromatic N) is 2. The second kappa shape index (κ2) is 19.1. The molecule has 3 amide bonds. The van der Waals surface area contributed by atoms with E-state index in [1.165, 1.54) is 37.7 Å². The van der Waals surface area contributed by atoms with Crippen LogP contribution in [0.4, 0.5) is 5.69 Å². The van der Waals surface area contributed by atoms with Gasteiger partial charge in [-0.15, -0.1) is 0 Å². The van der Waals surface area contributed by atoms with E-state index in [2.05, 4.69) is 44.6 Å². The van der Waals surface area contributed by atoms with E-state index in [-0.39, 0.29) is 23.8 Å². The van der Waals surface area contributed by atoms with Gasteiger partial charge >= 0.3 is 0 Å². The van der Waals surface area contributed by atoms with Crippen LogP contribution in [-0.4, -0.2) is 67.8 Å². The van der Waals surface area contributed by atoms with Gasteiger partial charge in [0.2, 0.25) is 5.91 Å². The van der Waals surface area contributed by atoms with Crippen molar-refractivity contribution < 1.29 is 14.4 Å². The Bertz CT molecular complexity index is 1410. The van der Waals surface area contributed by atoms with Crippen LogP contribution in [0.5, 0.6) is 0 Å². The molecule has 0 bridgehead atoms. The van der Waals surface area contributed by atoms with Crippen LogP contribution in [0.25, 0.3) is 0 Å². The van der Waals surface area contributed by atoms with Crippen molar-refractivity contribution in [3.63, 3.8) is 0 Å². The third kappa shape index (κ3) is 13.0. The Morgan fingerprint density at radius 3 is 2.04 bits per heavy atom. The molecular formula is C37H50N6O3S. The normalized spacial score (nSPS) is 15.0. The van der Waals surface area contributed by atoms with Crippen LogP contribution in [0.2, 0.25) is 0 Å². The van der Waals surface area contributed by atoms with Crippen LogP contribution in [-0.2, 0) is 11.3 Å². The summed E-state index contributed by atoms with van der Waals surface area (Å²) in [7, 11) is 1.96. The number of carbonyl (C=O) groups is 3. The standard InChI is InChI=1S/C30H42N6O3S.C7H8/c1-22(28(37)33-21-24-11-12-24)31-13-14-32-29(38)25-17-26(30(39)34-20-23-9-5-3-6-10-23)19-27(18-25)35(2)40-36-15-7-4-8-16-36;1-7-5-3-2-4-6-7/h3,5-6,9-10,17-19,22,24,31H,4,7-8,11-16,20-21H2,1-2H3,(H,32,38)(H,33,37)(H,34,39);2-6H,1H3/t22-;/m0./s1. The van der Waals surface area contributed by atoms with Gasteiger partial charge in [0, 0.05) is 75.3 Å². The molecule has 3 aromatic carbocycles. The van der Waals surface area contributed by atoms with Crippen molar-refractivity contribution in [2.75, 3.05) is 44.1 Å². The lowest BCUT2D eigenvalue weighted by molar-refractivity contribution is -0.122. The Kier molecular flexibility index (Phi) is 14.6. The van der Waals surface area contributed by atoms with Crippen LogP contribution in [0.1, 0.15) is 70.9 Å². The molecule has 10 heteroatoms. The molecule has 1 aliphatic carbocycles. The fourth-order valence-corrected chi connectivity index (χ4v) is 5.98. The molecule has 1 atom stereocenters. The van der Waals surface area contributed by atoms with Crippen molar-refractivity contribution in [3.8, 4) is 0 Å². The smallest absolute Gasteiger partial charge is 0.251 e. The maximum atomic E-state index is 13.1. The van der Waals surface area contributed by atoms with Gasteiger partial charge < -0.3 is 25.6 Å². The maximum absolute atomic E-state index is 13.1. The molecule has 1 saturated carbocycles. The molecule has 1 heterocycles. The fourth-order valence-electron chi connectivity index (χ4n) is 5.02. The molecule has 0 unspecified atom stereocenters. The fraction of sp³-hybridized carbons (Fsp3) is 0.432. The first-order valence-electron chi connectivity index (χ1n) is 16.7. The Labute approximate surface area is 284 Å². The quantitative estimate of drug-likeness (QED) is 0.137. The number of piperidine rings is 1. The highest BCUT2D eigenvalue weighted by Crippen LogP contribution is 2.28. The van der Waals surface area contributed by atoms with Gasteiger partial charge in [-0.05, 0) is 69.2 Å². The number of benzene rings is 3. The summed E-state index contributed by atoms with van der Waals surface area (Å²) in [5.74, 6) is 0.118. The molecule has 2 aliphatic rings. The van der Waals surface area contributed by atoms with E-state index in [1.54, 1.807) is 18.2 Å². The summed E-state index contributed by atoms with van der Waals surface area (Å²) < 4.78 is 4.33. The third-order valence-corrected chi connectivity index (χ3v) is 9.16. The number of hydrogen-bond acceptors (Lipinski definition) is 7. The molecule has 0 radical (unpaired) electrons. The largest absolute Gasteiger partial charge is 0.354 e. The molecule has 4 N–H and O–H groups in total. The van der Waals surface area contributed by atoms with Gasteiger partial charge in [0.1, 0.15) is 0 Å². The van der Waals surface area contributed by atoms with Crippen molar-refractivity contribution in [1.82, 2.24) is 25.6 Å². The van der Waals surface area contributed by atoms with Gasteiger partial charge in [0.25, 0.3) is 11.8 Å². The number of hydrogen-bond donors (Lipinski definition) is 4. The molecule has 47 heavy (non-hydrogen) atoms. The lowest BCUT2D eigenvalue weighted by Crippen LogP contribution is -2.45. The van der Waals surface area contributed by atoms with E-state index in [0.717, 1.165) is 30.9 Å². The summed E-state index contributed by atoms with van der Waals surface area (Å²) in [5.41, 5.74) is 3.97. The summed E-state index contributed by atoms with van der Waals surface area (Å²) in [6.07, 6.45) is 5.98. The molecular weight excluding hydrogens is 609 g/mol. The van der Waals surface area contributed by atoms with Crippen molar-refractivity contribution in [2.24, 2.45) is 5.92 Å². The zero-order valence-corrected chi connectivity index (χ0v) is 28.8. The number of anilines is 1. The van der Waals surface area contributed by atoms with Crippen molar-refractivity contribution in [1.29, 1.82) is 0 Å². The van der Waals surface area contributed by atoms with E-state index in [1.807, 2.05) is 78.9 Å². The van der Waals surface area contributed by atoms with E-state index in [4.69, 9.17) is 0 Å². The highest BCUT2D eigenvalue weighted by Gasteiger charge is 2.23. The van der Waals surface area contributed by atoms with Crippen LogP contribution in [0.3, 0.4) is 0 Å². The van der Waals surface area contributed by atoms with E-state index in [9.17, 15) is 14.4 Å². The molecule has 9 nitrogen and oxygen atoms in total. The zero-order chi connectivity index (χ0) is 33.4. The predicted octanol–water partition coefficient (Wildman–Crippen LogP) is 5.33. The van der Waals surface area contributed by atoms with E-state index in [0.29, 0.717) is 36.7 Å². The number of nitrogens with one attached hydrogen (secondary N) is 4.